The summed E-state index contributed by atoms with van der Waals surface area (Å²) in [4.78, 5) is 7.95. The van der Waals surface area contributed by atoms with Crippen molar-refractivity contribution in [2.75, 3.05) is 59.0 Å². The van der Waals surface area contributed by atoms with Crippen molar-refractivity contribution >= 4 is 0 Å². The number of ether oxygens (including phenoxy) is 1. The molecule has 4 heteroatoms. The molecule has 0 atom stereocenters. The molecule has 0 N–H and O–H groups in total. The minimum Gasteiger partial charge on any atom is -0.379 e. The molecule has 0 aromatic heterocycles. The van der Waals surface area contributed by atoms with Crippen molar-refractivity contribution < 1.29 is 4.74 Å². The second kappa shape index (κ2) is 9.97. The van der Waals surface area contributed by atoms with Crippen LogP contribution in [0.2, 0.25) is 0 Å². The van der Waals surface area contributed by atoms with Gasteiger partial charge in [-0.3, -0.25) is 4.90 Å². The maximum absolute atomic E-state index is 5.64. The van der Waals surface area contributed by atoms with Crippen molar-refractivity contribution in [3.05, 3.63) is 0 Å². The zero-order chi connectivity index (χ0) is 16.7. The van der Waals surface area contributed by atoms with Gasteiger partial charge in [-0.1, -0.05) is 0 Å². The number of hydrogen-bond acceptors (Lipinski definition) is 4. The summed E-state index contributed by atoms with van der Waals surface area (Å²) in [6.07, 6.45) is 4.32. The number of piperidine rings is 1. The summed E-state index contributed by atoms with van der Waals surface area (Å²) in [6, 6.07) is 0.708. The zero-order valence-corrected chi connectivity index (χ0v) is 16.0. The van der Waals surface area contributed by atoms with Crippen LogP contribution in [0.3, 0.4) is 0 Å². The van der Waals surface area contributed by atoms with Crippen molar-refractivity contribution in [1.29, 1.82) is 0 Å². The third-order valence-electron chi connectivity index (χ3n) is 5.43. The largest absolute Gasteiger partial charge is 0.379 e. The Labute approximate surface area is 144 Å². The van der Waals surface area contributed by atoms with E-state index in [-0.39, 0.29) is 0 Å². The van der Waals surface area contributed by atoms with Crippen LogP contribution < -0.4 is 0 Å². The van der Waals surface area contributed by atoms with Crippen molar-refractivity contribution in [1.82, 2.24) is 14.7 Å². The Balaban J connectivity index is 1.55. The van der Waals surface area contributed by atoms with E-state index in [1.54, 1.807) is 0 Å². The quantitative estimate of drug-likeness (QED) is 0.638. The molecule has 0 radical (unpaired) electrons. The number of likely N-dealkylation sites (tertiary alicyclic amines) is 1. The van der Waals surface area contributed by atoms with E-state index in [9.17, 15) is 0 Å². The van der Waals surface area contributed by atoms with Crippen LogP contribution in [0.1, 0.15) is 47.0 Å². The highest BCUT2D eigenvalue weighted by Gasteiger charge is 2.24. The van der Waals surface area contributed by atoms with Crippen LogP contribution >= 0.6 is 0 Å². The lowest BCUT2D eigenvalue weighted by molar-refractivity contribution is 0.0617. The normalized spacial score (nSPS) is 23.2. The lowest BCUT2D eigenvalue weighted by atomic mass is 9.95. The van der Waals surface area contributed by atoms with Gasteiger partial charge in [0.15, 0.2) is 0 Å². The van der Waals surface area contributed by atoms with Gasteiger partial charge < -0.3 is 14.5 Å². The molecule has 2 aliphatic rings. The Morgan fingerprint density at radius 3 is 2.09 bits per heavy atom. The number of nitrogens with zero attached hydrogens (tertiary/aromatic N) is 3. The molecule has 0 bridgehead atoms. The van der Waals surface area contributed by atoms with Crippen LogP contribution in [0.25, 0.3) is 0 Å². The molecule has 0 spiro atoms. The van der Waals surface area contributed by atoms with Gasteiger partial charge in [0.05, 0.1) is 6.10 Å². The van der Waals surface area contributed by atoms with Gasteiger partial charge in [-0.2, -0.15) is 0 Å². The molecular formula is C19H39N3O. The molecule has 0 aliphatic carbocycles. The summed E-state index contributed by atoms with van der Waals surface area (Å²) < 4.78 is 5.64. The second-order valence-electron chi connectivity index (χ2n) is 7.99. The van der Waals surface area contributed by atoms with E-state index in [2.05, 4.69) is 42.4 Å². The Kier molecular flexibility index (Phi) is 8.31. The third-order valence-corrected chi connectivity index (χ3v) is 5.43. The molecule has 2 fully saturated rings. The highest BCUT2D eigenvalue weighted by Crippen LogP contribution is 2.19. The number of hydrogen-bond donors (Lipinski definition) is 0. The van der Waals surface area contributed by atoms with Crippen LogP contribution in [0.4, 0.5) is 0 Å². The van der Waals surface area contributed by atoms with E-state index < -0.39 is 0 Å². The molecule has 0 amide bonds. The average Bonchev–Trinajstić information content (AvgIpc) is 2.53. The van der Waals surface area contributed by atoms with Gasteiger partial charge in [0, 0.05) is 51.9 Å². The van der Waals surface area contributed by atoms with Crippen LogP contribution in [0, 0.1) is 5.92 Å². The molecule has 2 heterocycles. The van der Waals surface area contributed by atoms with Crippen molar-refractivity contribution in [3.63, 3.8) is 0 Å². The van der Waals surface area contributed by atoms with E-state index in [0.29, 0.717) is 12.1 Å². The molecule has 0 aromatic carbocycles. The van der Waals surface area contributed by atoms with Crippen molar-refractivity contribution in [2.45, 2.75) is 59.1 Å². The Hall–Kier alpha value is -0.160. The molecule has 2 aliphatic heterocycles. The van der Waals surface area contributed by atoms with Crippen LogP contribution in [0.15, 0.2) is 0 Å². The van der Waals surface area contributed by atoms with E-state index in [1.807, 2.05) is 0 Å². The van der Waals surface area contributed by atoms with Crippen LogP contribution in [-0.4, -0.2) is 85.8 Å². The first kappa shape index (κ1) is 19.2. The molecule has 0 unspecified atom stereocenters. The predicted molar refractivity (Wildman–Crippen MR) is 98.0 cm³/mol. The summed E-state index contributed by atoms with van der Waals surface area (Å²) in [6.45, 7) is 20.0. The summed E-state index contributed by atoms with van der Waals surface area (Å²) in [7, 11) is 0. The van der Waals surface area contributed by atoms with Crippen molar-refractivity contribution in [3.8, 4) is 0 Å². The van der Waals surface area contributed by atoms with Crippen molar-refractivity contribution in [2.24, 2.45) is 5.92 Å². The number of rotatable bonds is 8. The molecule has 0 aromatic rings. The molecule has 23 heavy (non-hydrogen) atoms. The zero-order valence-electron chi connectivity index (χ0n) is 16.0. The fourth-order valence-electron chi connectivity index (χ4n) is 3.83. The fourth-order valence-corrected chi connectivity index (χ4v) is 3.83. The van der Waals surface area contributed by atoms with Gasteiger partial charge in [0.25, 0.3) is 0 Å². The maximum atomic E-state index is 5.64. The van der Waals surface area contributed by atoms with Gasteiger partial charge in [-0.25, -0.2) is 0 Å². The maximum Gasteiger partial charge on any atom is 0.0518 e. The van der Waals surface area contributed by atoms with Gasteiger partial charge in [0.1, 0.15) is 0 Å². The van der Waals surface area contributed by atoms with Crippen LogP contribution in [-0.2, 0) is 4.74 Å². The summed E-state index contributed by atoms with van der Waals surface area (Å²) in [5.74, 6) is 0.920. The molecule has 2 saturated heterocycles. The highest BCUT2D eigenvalue weighted by atomic mass is 16.5. The SMILES string of the molecule is CC(C)OCCCN1CCC(CN2CCN(C(C)C)CC2)CC1. The Morgan fingerprint density at radius 2 is 1.52 bits per heavy atom. The van der Waals surface area contributed by atoms with Gasteiger partial charge in [0.2, 0.25) is 0 Å². The van der Waals surface area contributed by atoms with E-state index >= 15 is 0 Å². The molecule has 4 nitrogen and oxygen atoms in total. The monoisotopic (exact) mass is 325 g/mol. The van der Waals surface area contributed by atoms with Crippen LogP contribution in [0.5, 0.6) is 0 Å². The highest BCUT2D eigenvalue weighted by molar-refractivity contribution is 4.79. The van der Waals surface area contributed by atoms with E-state index in [0.717, 1.165) is 12.5 Å². The van der Waals surface area contributed by atoms with Gasteiger partial charge >= 0.3 is 0 Å². The summed E-state index contributed by atoms with van der Waals surface area (Å²) >= 11 is 0. The second-order valence-corrected chi connectivity index (χ2v) is 7.99. The third kappa shape index (κ3) is 7.08. The predicted octanol–water partition coefficient (Wildman–Crippen LogP) is 2.54. The first-order chi connectivity index (χ1) is 11.0. The molecular weight excluding hydrogens is 286 g/mol. The smallest absolute Gasteiger partial charge is 0.0518 e. The lowest BCUT2D eigenvalue weighted by Gasteiger charge is -2.40. The molecule has 0 saturated carbocycles. The Morgan fingerprint density at radius 1 is 0.870 bits per heavy atom. The van der Waals surface area contributed by atoms with Gasteiger partial charge in [-0.15, -0.1) is 0 Å². The minimum absolute atomic E-state index is 0.372. The summed E-state index contributed by atoms with van der Waals surface area (Å²) in [5, 5.41) is 0. The Bertz CT molecular complexity index is 306. The first-order valence-electron chi connectivity index (χ1n) is 9.85. The topological polar surface area (TPSA) is 19.0 Å². The molecule has 136 valence electrons. The lowest BCUT2D eigenvalue weighted by Crippen LogP contribution is -2.50. The molecule has 2 rings (SSSR count). The standard InChI is InChI=1S/C19H39N3O/c1-17(2)22-13-11-21(12-14-22)16-19-6-9-20(10-7-19)8-5-15-23-18(3)4/h17-19H,5-16H2,1-4H3. The first-order valence-corrected chi connectivity index (χ1v) is 9.85. The van der Waals surface area contributed by atoms with Gasteiger partial charge in [-0.05, 0) is 66.0 Å². The van der Waals surface area contributed by atoms with E-state index in [4.69, 9.17) is 4.74 Å². The average molecular weight is 326 g/mol. The number of piperazine rings is 1. The summed E-state index contributed by atoms with van der Waals surface area (Å²) in [5.41, 5.74) is 0. The van der Waals surface area contributed by atoms with E-state index in [1.165, 1.54) is 71.6 Å². The minimum atomic E-state index is 0.372. The fraction of sp³-hybridized carbons (Fsp3) is 1.00.